The minimum absolute atomic E-state index is 0.227. The summed E-state index contributed by atoms with van der Waals surface area (Å²) in [6, 6.07) is 9.84. The second kappa shape index (κ2) is 13.8. The molecule has 0 aliphatic heterocycles. The second-order valence-corrected chi connectivity index (χ2v) is 9.10. The number of nitrogens with zero attached hydrogens (tertiary/aromatic N) is 1. The van der Waals surface area contributed by atoms with Gasteiger partial charge in [-0.2, -0.15) is 0 Å². The van der Waals surface area contributed by atoms with Gasteiger partial charge in [0.25, 0.3) is 5.91 Å². The van der Waals surface area contributed by atoms with Crippen molar-refractivity contribution in [1.82, 2.24) is 10.3 Å². The zero-order chi connectivity index (χ0) is 26.8. The van der Waals surface area contributed by atoms with E-state index in [0.29, 0.717) is 47.4 Å². The maximum atomic E-state index is 12.4. The number of fused-ring (bicyclic) bond motifs is 1. The summed E-state index contributed by atoms with van der Waals surface area (Å²) < 4.78 is 11.6. The van der Waals surface area contributed by atoms with Crippen LogP contribution in [0.4, 0.5) is 11.4 Å². The summed E-state index contributed by atoms with van der Waals surface area (Å²) in [6.07, 6.45) is 4.15. The fourth-order valence-electron chi connectivity index (χ4n) is 4.46. The number of nitrogens with two attached hydrogens (primary N) is 1. The molecule has 0 aliphatic carbocycles. The molecule has 5 N–H and O–H groups in total. The highest BCUT2D eigenvalue weighted by Crippen LogP contribution is 2.38. The third-order valence-corrected chi connectivity index (χ3v) is 6.44. The van der Waals surface area contributed by atoms with Gasteiger partial charge in [0.05, 0.1) is 30.0 Å². The van der Waals surface area contributed by atoms with Crippen LogP contribution in [-0.4, -0.2) is 42.4 Å². The van der Waals surface area contributed by atoms with Crippen LogP contribution in [0.3, 0.4) is 0 Å². The Labute approximate surface area is 219 Å². The van der Waals surface area contributed by atoms with E-state index < -0.39 is 5.91 Å². The SMILES string of the molecule is CCOc1cc2ncc(C(N)=O)c(Nc3cccc(CNCCC(C)CCO)c3CC)c2cc1OCC. The van der Waals surface area contributed by atoms with Gasteiger partial charge < -0.3 is 30.9 Å². The van der Waals surface area contributed by atoms with Gasteiger partial charge in [-0.1, -0.05) is 26.0 Å². The molecule has 1 unspecified atom stereocenters. The number of ether oxygens (including phenoxy) is 2. The van der Waals surface area contributed by atoms with Crippen molar-refractivity contribution >= 4 is 28.2 Å². The fourth-order valence-corrected chi connectivity index (χ4v) is 4.46. The molecule has 0 aliphatic rings. The Morgan fingerprint density at radius 1 is 1.11 bits per heavy atom. The molecule has 0 saturated heterocycles. The molecular formula is C29H40N4O4. The van der Waals surface area contributed by atoms with Crippen LogP contribution in [-0.2, 0) is 13.0 Å². The zero-order valence-electron chi connectivity index (χ0n) is 22.4. The molecule has 0 radical (unpaired) electrons. The molecule has 37 heavy (non-hydrogen) atoms. The number of amides is 1. The highest BCUT2D eigenvalue weighted by Gasteiger charge is 2.18. The van der Waals surface area contributed by atoms with Crippen molar-refractivity contribution < 1.29 is 19.4 Å². The summed E-state index contributed by atoms with van der Waals surface area (Å²) in [7, 11) is 0. The zero-order valence-corrected chi connectivity index (χ0v) is 22.4. The molecule has 1 aromatic heterocycles. The Morgan fingerprint density at radius 3 is 2.49 bits per heavy atom. The summed E-state index contributed by atoms with van der Waals surface area (Å²) in [5, 5.41) is 16.9. The number of anilines is 2. The predicted molar refractivity (Wildman–Crippen MR) is 149 cm³/mol. The molecule has 200 valence electrons. The van der Waals surface area contributed by atoms with E-state index in [-0.39, 0.29) is 6.61 Å². The van der Waals surface area contributed by atoms with Crippen molar-refractivity contribution in [3.8, 4) is 11.5 Å². The normalized spacial score (nSPS) is 11.9. The molecule has 8 nitrogen and oxygen atoms in total. The number of rotatable bonds is 15. The van der Waals surface area contributed by atoms with Crippen molar-refractivity contribution in [2.75, 3.05) is 31.7 Å². The van der Waals surface area contributed by atoms with E-state index in [1.165, 1.54) is 11.8 Å². The standard InChI is InChI=1S/C29H40N4O4/c1-5-21-20(17-31-13-11-19(4)12-14-34)9-8-10-24(21)33-28-22-15-26(36-6-2)27(37-7-3)16-25(22)32-18-23(28)29(30)35/h8-10,15-16,18-19,31,34H,5-7,11-14,17H2,1-4H3,(H2,30,35)(H,32,33). The first-order valence-corrected chi connectivity index (χ1v) is 13.1. The molecule has 3 rings (SSSR count). The van der Waals surface area contributed by atoms with Crippen molar-refractivity contribution in [2.45, 2.75) is 53.5 Å². The first-order valence-electron chi connectivity index (χ1n) is 13.1. The predicted octanol–water partition coefficient (Wildman–Crippen LogP) is 4.94. The van der Waals surface area contributed by atoms with Gasteiger partial charge >= 0.3 is 0 Å². The number of aliphatic hydroxyl groups excluding tert-OH is 1. The second-order valence-electron chi connectivity index (χ2n) is 9.10. The van der Waals surface area contributed by atoms with Crippen molar-refractivity contribution in [2.24, 2.45) is 11.7 Å². The molecular weight excluding hydrogens is 468 g/mol. The number of carbonyl (C=O) groups excluding carboxylic acids is 1. The van der Waals surface area contributed by atoms with E-state index >= 15 is 0 Å². The number of aliphatic hydroxyl groups is 1. The maximum absolute atomic E-state index is 12.4. The monoisotopic (exact) mass is 508 g/mol. The number of hydrogen-bond donors (Lipinski definition) is 4. The van der Waals surface area contributed by atoms with Gasteiger partial charge in [0.1, 0.15) is 0 Å². The van der Waals surface area contributed by atoms with E-state index in [1.807, 2.05) is 38.1 Å². The van der Waals surface area contributed by atoms with Crippen LogP contribution in [0.1, 0.15) is 62.0 Å². The molecule has 1 heterocycles. The summed E-state index contributed by atoms with van der Waals surface area (Å²) in [4.78, 5) is 16.9. The third kappa shape index (κ3) is 7.11. The molecule has 3 aromatic rings. The fraction of sp³-hybridized carbons (Fsp3) is 0.448. The summed E-state index contributed by atoms with van der Waals surface area (Å²) in [6.45, 7) is 10.9. The van der Waals surface area contributed by atoms with Crippen LogP contribution in [0.25, 0.3) is 10.9 Å². The summed E-state index contributed by atoms with van der Waals surface area (Å²) >= 11 is 0. The Balaban J connectivity index is 1.98. The van der Waals surface area contributed by atoms with Gasteiger partial charge in [-0.15, -0.1) is 0 Å². The average Bonchev–Trinajstić information content (AvgIpc) is 2.87. The minimum Gasteiger partial charge on any atom is -0.490 e. The third-order valence-electron chi connectivity index (χ3n) is 6.44. The number of carbonyl (C=O) groups is 1. The lowest BCUT2D eigenvalue weighted by Crippen LogP contribution is -2.19. The first-order chi connectivity index (χ1) is 17.9. The van der Waals surface area contributed by atoms with Gasteiger partial charge in [-0.05, 0) is 68.8 Å². The lowest BCUT2D eigenvalue weighted by atomic mass is 10.0. The first kappa shape index (κ1) is 28.2. The summed E-state index contributed by atoms with van der Waals surface area (Å²) in [5.74, 6) is 1.12. The van der Waals surface area contributed by atoms with Crippen LogP contribution in [0.5, 0.6) is 11.5 Å². The average molecular weight is 509 g/mol. The lowest BCUT2D eigenvalue weighted by Gasteiger charge is -2.20. The minimum atomic E-state index is -0.559. The van der Waals surface area contributed by atoms with Crippen LogP contribution in [0.15, 0.2) is 36.5 Å². The van der Waals surface area contributed by atoms with Crippen LogP contribution >= 0.6 is 0 Å². The largest absolute Gasteiger partial charge is 0.490 e. The van der Waals surface area contributed by atoms with Crippen molar-refractivity contribution in [3.63, 3.8) is 0 Å². The molecule has 0 bridgehead atoms. The Bertz CT molecular complexity index is 1200. The van der Waals surface area contributed by atoms with Gasteiger partial charge in [-0.25, -0.2) is 0 Å². The van der Waals surface area contributed by atoms with Gasteiger partial charge in [0.2, 0.25) is 0 Å². The van der Waals surface area contributed by atoms with E-state index in [9.17, 15) is 4.79 Å². The van der Waals surface area contributed by atoms with Crippen molar-refractivity contribution in [3.05, 3.63) is 53.2 Å². The van der Waals surface area contributed by atoms with Crippen LogP contribution in [0, 0.1) is 5.92 Å². The molecule has 2 aromatic carbocycles. The number of hydrogen-bond acceptors (Lipinski definition) is 7. The van der Waals surface area contributed by atoms with Gasteiger partial charge in [-0.3, -0.25) is 9.78 Å². The van der Waals surface area contributed by atoms with Gasteiger partial charge in [0, 0.05) is 36.5 Å². The molecule has 1 amide bonds. The lowest BCUT2D eigenvalue weighted by molar-refractivity contribution is 0.100. The van der Waals surface area contributed by atoms with E-state index in [0.717, 1.165) is 49.0 Å². The molecule has 0 fully saturated rings. The molecule has 1 atom stereocenters. The number of nitrogens with one attached hydrogen (secondary N) is 2. The Hall–Kier alpha value is -3.36. The number of pyridine rings is 1. The summed E-state index contributed by atoms with van der Waals surface area (Å²) in [5.41, 5.74) is 10.6. The Morgan fingerprint density at radius 2 is 1.84 bits per heavy atom. The Kier molecular flexibility index (Phi) is 10.5. The van der Waals surface area contributed by atoms with Gasteiger partial charge in [0.15, 0.2) is 11.5 Å². The number of primary amides is 1. The van der Waals surface area contributed by atoms with E-state index in [4.69, 9.17) is 20.3 Å². The van der Waals surface area contributed by atoms with E-state index in [1.54, 1.807) is 0 Å². The number of benzene rings is 2. The van der Waals surface area contributed by atoms with Crippen LogP contribution in [0.2, 0.25) is 0 Å². The molecule has 8 heteroatoms. The van der Waals surface area contributed by atoms with Crippen LogP contribution < -0.4 is 25.8 Å². The van der Waals surface area contributed by atoms with E-state index in [2.05, 4.69) is 35.5 Å². The number of aromatic nitrogens is 1. The smallest absolute Gasteiger partial charge is 0.252 e. The maximum Gasteiger partial charge on any atom is 0.252 e. The van der Waals surface area contributed by atoms with Crippen molar-refractivity contribution in [1.29, 1.82) is 0 Å². The molecule has 0 saturated carbocycles. The highest BCUT2D eigenvalue weighted by molar-refractivity contribution is 6.08. The molecule has 0 spiro atoms. The highest BCUT2D eigenvalue weighted by atomic mass is 16.5. The topological polar surface area (TPSA) is 119 Å². The quantitative estimate of drug-likeness (QED) is 0.215.